The lowest BCUT2D eigenvalue weighted by Crippen LogP contribution is -2.50. The van der Waals surface area contributed by atoms with Crippen LogP contribution in [0.25, 0.3) is 0 Å². The molecular formula is C12H15N3O. The minimum absolute atomic E-state index is 0.0433. The van der Waals surface area contributed by atoms with Crippen molar-refractivity contribution < 1.29 is 4.79 Å². The molecule has 3 rings (SSSR count). The second-order valence-corrected chi connectivity index (χ2v) is 4.75. The topological polar surface area (TPSA) is 58.4 Å². The maximum Gasteiger partial charge on any atom is 0.243 e. The Morgan fingerprint density at radius 1 is 1.38 bits per heavy atom. The summed E-state index contributed by atoms with van der Waals surface area (Å²) in [5, 5.41) is 1.65. The smallest absolute Gasteiger partial charge is 0.243 e. The number of carbonyl (C=O) groups excluding carboxylic acids is 1. The molecule has 1 saturated carbocycles. The second-order valence-electron chi connectivity index (χ2n) is 4.75. The Morgan fingerprint density at radius 2 is 2.19 bits per heavy atom. The minimum atomic E-state index is 0.0433. The first-order valence-electron chi connectivity index (χ1n) is 5.65. The van der Waals surface area contributed by atoms with Crippen molar-refractivity contribution in [2.45, 2.75) is 31.2 Å². The molecule has 0 aromatic heterocycles. The fraction of sp³-hybridized carbons (Fsp3) is 0.417. The number of rotatable bonds is 1. The lowest BCUT2D eigenvalue weighted by molar-refractivity contribution is -0.117. The van der Waals surface area contributed by atoms with Crippen LogP contribution in [-0.4, -0.2) is 11.4 Å². The van der Waals surface area contributed by atoms with Gasteiger partial charge in [-0.15, -0.1) is 0 Å². The van der Waals surface area contributed by atoms with E-state index in [9.17, 15) is 4.79 Å². The van der Waals surface area contributed by atoms with E-state index in [4.69, 9.17) is 5.73 Å². The van der Waals surface area contributed by atoms with Crippen LogP contribution < -0.4 is 16.2 Å². The Bertz CT molecular complexity index is 440. The van der Waals surface area contributed by atoms with Gasteiger partial charge in [0.15, 0.2) is 0 Å². The molecule has 0 unspecified atom stereocenters. The average Bonchev–Trinajstić information content (AvgIpc) is 2.56. The molecule has 84 valence electrons. The quantitative estimate of drug-likeness (QED) is 0.700. The van der Waals surface area contributed by atoms with Crippen molar-refractivity contribution in [1.29, 1.82) is 0 Å². The molecule has 0 atom stereocenters. The van der Waals surface area contributed by atoms with Crippen molar-refractivity contribution in [1.82, 2.24) is 5.43 Å². The number of hydrogen-bond donors (Lipinski definition) is 2. The van der Waals surface area contributed by atoms with Crippen LogP contribution in [0.1, 0.15) is 25.7 Å². The fourth-order valence-electron chi connectivity index (χ4n) is 2.47. The van der Waals surface area contributed by atoms with Gasteiger partial charge in [0.1, 0.15) is 0 Å². The van der Waals surface area contributed by atoms with E-state index in [1.807, 2.05) is 24.3 Å². The zero-order chi connectivity index (χ0) is 11.2. The summed E-state index contributed by atoms with van der Waals surface area (Å²) in [6, 6.07) is 7.41. The summed E-state index contributed by atoms with van der Waals surface area (Å²) >= 11 is 0. The summed E-state index contributed by atoms with van der Waals surface area (Å²) in [6.45, 7) is 0. The maximum atomic E-state index is 11.9. The number of amides is 1. The van der Waals surface area contributed by atoms with Crippen molar-refractivity contribution in [2.75, 3.05) is 10.7 Å². The summed E-state index contributed by atoms with van der Waals surface area (Å²) < 4.78 is 0. The molecule has 1 spiro atoms. The first-order chi connectivity index (χ1) is 7.69. The summed E-state index contributed by atoms with van der Waals surface area (Å²) in [5.41, 5.74) is 10.6. The molecule has 4 heteroatoms. The zero-order valence-electron chi connectivity index (χ0n) is 9.07. The highest BCUT2D eigenvalue weighted by Gasteiger charge is 2.47. The highest BCUT2D eigenvalue weighted by atomic mass is 16.2. The van der Waals surface area contributed by atoms with Crippen molar-refractivity contribution in [2.24, 2.45) is 0 Å². The van der Waals surface area contributed by atoms with Gasteiger partial charge in [0.25, 0.3) is 0 Å². The van der Waals surface area contributed by atoms with Crippen LogP contribution >= 0.6 is 0 Å². The number of carbonyl (C=O) groups is 1. The Morgan fingerprint density at radius 3 is 2.75 bits per heavy atom. The first kappa shape index (κ1) is 9.66. The number of hydrazine groups is 1. The van der Waals surface area contributed by atoms with E-state index in [1.54, 1.807) is 5.01 Å². The van der Waals surface area contributed by atoms with Crippen LogP contribution in [0.2, 0.25) is 0 Å². The standard InChI is InChI=1S/C12H15N3O/c13-9-3-1-4-10(7-9)15-11(16)8-12(14-15)5-2-6-12/h1,3-4,7,14H,2,5-6,8,13H2. The third-order valence-corrected chi connectivity index (χ3v) is 3.53. The number of benzene rings is 1. The van der Waals surface area contributed by atoms with Gasteiger partial charge in [-0.05, 0) is 37.5 Å². The summed E-state index contributed by atoms with van der Waals surface area (Å²) in [5.74, 6) is 0.144. The number of hydrogen-bond acceptors (Lipinski definition) is 3. The number of nitrogens with one attached hydrogen (secondary N) is 1. The predicted molar refractivity (Wildman–Crippen MR) is 62.7 cm³/mol. The van der Waals surface area contributed by atoms with E-state index in [2.05, 4.69) is 5.43 Å². The SMILES string of the molecule is Nc1cccc(N2NC3(CCC3)CC2=O)c1. The van der Waals surface area contributed by atoms with Crippen molar-refractivity contribution in [3.63, 3.8) is 0 Å². The summed E-state index contributed by atoms with van der Waals surface area (Å²) in [4.78, 5) is 11.9. The fourth-order valence-corrected chi connectivity index (χ4v) is 2.47. The van der Waals surface area contributed by atoms with Gasteiger partial charge in [0.05, 0.1) is 5.69 Å². The molecule has 1 aromatic carbocycles. The Balaban J connectivity index is 1.88. The van der Waals surface area contributed by atoms with Crippen molar-refractivity contribution >= 4 is 17.3 Å². The van der Waals surface area contributed by atoms with Crippen LogP contribution in [0.15, 0.2) is 24.3 Å². The van der Waals surface area contributed by atoms with E-state index in [-0.39, 0.29) is 11.4 Å². The van der Waals surface area contributed by atoms with Gasteiger partial charge in [0.2, 0.25) is 5.91 Å². The van der Waals surface area contributed by atoms with Crippen LogP contribution in [-0.2, 0) is 4.79 Å². The number of nitrogen functional groups attached to an aromatic ring is 1. The molecule has 0 bridgehead atoms. The third-order valence-electron chi connectivity index (χ3n) is 3.53. The van der Waals surface area contributed by atoms with Gasteiger partial charge in [-0.2, -0.15) is 0 Å². The number of anilines is 2. The average molecular weight is 217 g/mol. The predicted octanol–water partition coefficient (Wildman–Crippen LogP) is 1.43. The van der Waals surface area contributed by atoms with Crippen molar-refractivity contribution in [3.05, 3.63) is 24.3 Å². The Labute approximate surface area is 94.4 Å². The molecule has 16 heavy (non-hydrogen) atoms. The third kappa shape index (κ3) is 1.38. The summed E-state index contributed by atoms with van der Waals surface area (Å²) in [7, 11) is 0. The molecule has 1 aliphatic heterocycles. The van der Waals surface area contributed by atoms with Gasteiger partial charge >= 0.3 is 0 Å². The maximum absolute atomic E-state index is 11.9. The van der Waals surface area contributed by atoms with E-state index in [0.717, 1.165) is 18.5 Å². The molecule has 2 fully saturated rings. The van der Waals surface area contributed by atoms with Crippen molar-refractivity contribution in [3.8, 4) is 0 Å². The van der Waals surface area contributed by atoms with Crippen LogP contribution in [0.5, 0.6) is 0 Å². The summed E-state index contributed by atoms with van der Waals surface area (Å²) in [6.07, 6.45) is 4.02. The van der Waals surface area contributed by atoms with Crippen LogP contribution in [0.3, 0.4) is 0 Å². The molecule has 2 aliphatic rings. The molecule has 1 aliphatic carbocycles. The molecule has 0 radical (unpaired) electrons. The van der Waals surface area contributed by atoms with E-state index in [0.29, 0.717) is 12.1 Å². The van der Waals surface area contributed by atoms with E-state index < -0.39 is 0 Å². The first-order valence-corrected chi connectivity index (χ1v) is 5.65. The normalized spacial score (nSPS) is 22.5. The van der Waals surface area contributed by atoms with Gasteiger partial charge < -0.3 is 5.73 Å². The Hall–Kier alpha value is -1.55. The monoisotopic (exact) mass is 217 g/mol. The van der Waals surface area contributed by atoms with Crippen LogP contribution in [0.4, 0.5) is 11.4 Å². The second kappa shape index (κ2) is 3.22. The molecule has 1 saturated heterocycles. The number of nitrogens with two attached hydrogens (primary N) is 1. The minimum Gasteiger partial charge on any atom is -0.399 e. The van der Waals surface area contributed by atoms with Crippen LogP contribution in [0, 0.1) is 0 Å². The van der Waals surface area contributed by atoms with Gasteiger partial charge in [-0.1, -0.05) is 6.07 Å². The molecule has 1 aromatic rings. The van der Waals surface area contributed by atoms with Gasteiger partial charge in [0, 0.05) is 17.6 Å². The van der Waals surface area contributed by atoms with E-state index >= 15 is 0 Å². The largest absolute Gasteiger partial charge is 0.399 e. The highest BCUT2D eigenvalue weighted by molar-refractivity contribution is 5.96. The zero-order valence-corrected chi connectivity index (χ0v) is 9.07. The Kier molecular flexibility index (Phi) is 1.94. The molecule has 1 heterocycles. The van der Waals surface area contributed by atoms with Gasteiger partial charge in [-0.25, -0.2) is 10.4 Å². The molecule has 1 amide bonds. The molecule has 4 nitrogen and oxygen atoms in total. The van der Waals surface area contributed by atoms with Gasteiger partial charge in [-0.3, -0.25) is 4.79 Å². The number of nitrogens with zero attached hydrogens (tertiary/aromatic N) is 1. The molecular weight excluding hydrogens is 202 g/mol. The lowest BCUT2D eigenvalue weighted by atomic mass is 9.76. The highest BCUT2D eigenvalue weighted by Crippen LogP contribution is 2.40. The van der Waals surface area contributed by atoms with E-state index in [1.165, 1.54) is 6.42 Å². The lowest BCUT2D eigenvalue weighted by Gasteiger charge is -2.37. The molecule has 3 N–H and O–H groups in total.